The Balaban J connectivity index is -0.0000000327. The Morgan fingerprint density at radius 1 is 0.778 bits per heavy atom. The summed E-state index contributed by atoms with van der Waals surface area (Å²) in [4.78, 5) is 19.5. The van der Waals surface area contributed by atoms with Crippen molar-refractivity contribution >= 4 is 11.9 Å². The van der Waals surface area contributed by atoms with E-state index in [1.165, 1.54) is 0 Å². The van der Waals surface area contributed by atoms with Gasteiger partial charge in [-0.3, -0.25) is 9.59 Å². The van der Waals surface area contributed by atoms with Crippen LogP contribution in [0.5, 0.6) is 0 Å². The average molecular weight is 317 g/mol. The third kappa shape index (κ3) is 58.6. The Bertz CT molecular complexity index is 146. The van der Waals surface area contributed by atoms with Crippen molar-refractivity contribution in [2.45, 2.75) is 52.4 Å². The number of hydrogen-bond donors (Lipinski definition) is 2. The minimum Gasteiger partial charge on any atom is -0.481 e. The third-order valence-electron chi connectivity index (χ3n) is 1.49. The molecule has 18 heavy (non-hydrogen) atoms. The normalized spacial score (nSPS) is 6.78. The molecule has 0 rings (SSSR count). The molecule has 0 saturated carbocycles. The van der Waals surface area contributed by atoms with Crippen molar-refractivity contribution in [1.82, 2.24) is 0 Å². The molecule has 8 heteroatoms. The van der Waals surface area contributed by atoms with E-state index < -0.39 is 11.9 Å². The number of rotatable bonds is 6. The van der Waals surface area contributed by atoms with Crippen LogP contribution in [0.2, 0.25) is 0 Å². The first-order valence-electron chi connectivity index (χ1n) is 4.98. The number of carboxylic acid groups (broad SMARTS) is 2. The molecule has 0 atom stereocenters. The Morgan fingerprint density at radius 2 is 1.00 bits per heavy atom. The van der Waals surface area contributed by atoms with Gasteiger partial charge < -0.3 is 26.6 Å². The second kappa shape index (κ2) is 29.9. The maximum absolute atomic E-state index is 9.76. The van der Waals surface area contributed by atoms with Gasteiger partial charge in [-0.2, -0.15) is 0 Å². The maximum Gasteiger partial charge on any atom is 0.303 e. The zero-order valence-corrected chi connectivity index (χ0v) is 11.8. The molecule has 0 heterocycles. The molecule has 0 unspecified atom stereocenters. The Hall–Kier alpha value is -0.674. The van der Waals surface area contributed by atoms with Gasteiger partial charge >= 0.3 is 11.9 Å². The van der Waals surface area contributed by atoms with Gasteiger partial charge in [0.2, 0.25) is 0 Å². The van der Waals surface area contributed by atoms with Gasteiger partial charge in [-0.15, -0.1) is 0 Å². The van der Waals surface area contributed by atoms with Crippen molar-refractivity contribution in [2.24, 2.45) is 0 Å². The molecule has 0 aliphatic rings. The van der Waals surface area contributed by atoms with Crippen LogP contribution >= 0.6 is 0 Å². The average Bonchev–Trinajstić information content (AvgIpc) is 2.12. The summed E-state index contributed by atoms with van der Waals surface area (Å²) in [6, 6.07) is 0. The molecule has 0 fully saturated rings. The number of carbonyl (C=O) groups is 2. The number of carboxylic acids is 2. The maximum atomic E-state index is 9.76. The zero-order chi connectivity index (χ0) is 11.4. The molecule has 7 nitrogen and oxygen atoms in total. The molecule has 0 aliphatic carbocycles. The van der Waals surface area contributed by atoms with Crippen LogP contribution in [0.25, 0.3) is 0 Å². The van der Waals surface area contributed by atoms with E-state index in [2.05, 4.69) is 0 Å². The minimum absolute atomic E-state index is 0. The Kier molecular flexibility index (Phi) is 59.8. The van der Waals surface area contributed by atoms with Crippen LogP contribution in [0.15, 0.2) is 0 Å². The SMILES string of the molecule is CCCCC(=O)O.CCCCC(=O)O.O.O.O.[Co]. The Labute approximate surface area is 118 Å². The topological polar surface area (TPSA) is 169 Å². The van der Waals surface area contributed by atoms with Crippen molar-refractivity contribution in [1.29, 1.82) is 0 Å². The van der Waals surface area contributed by atoms with Crippen molar-refractivity contribution in [3.63, 3.8) is 0 Å². The molecular weight excluding hydrogens is 291 g/mol. The minimum atomic E-state index is -0.693. The first kappa shape index (κ1) is 36.0. The summed E-state index contributed by atoms with van der Waals surface area (Å²) in [5.74, 6) is -1.39. The molecular formula is C10H26CoO7. The standard InChI is InChI=1S/2C5H10O2.Co.3H2O/c2*1-2-3-4-5(6)7;;;;/h2*2-4H2,1H3,(H,6,7);;3*1H2. The summed E-state index contributed by atoms with van der Waals surface area (Å²) < 4.78 is 0. The van der Waals surface area contributed by atoms with E-state index >= 15 is 0 Å². The monoisotopic (exact) mass is 317 g/mol. The summed E-state index contributed by atoms with van der Waals surface area (Å²) in [5.41, 5.74) is 0. The van der Waals surface area contributed by atoms with Crippen LogP contribution in [0.4, 0.5) is 0 Å². The largest absolute Gasteiger partial charge is 0.481 e. The zero-order valence-electron chi connectivity index (χ0n) is 10.8. The molecule has 8 N–H and O–H groups in total. The van der Waals surface area contributed by atoms with E-state index in [0.717, 1.165) is 25.7 Å². The van der Waals surface area contributed by atoms with Crippen molar-refractivity contribution in [2.75, 3.05) is 0 Å². The van der Waals surface area contributed by atoms with E-state index in [4.69, 9.17) is 10.2 Å². The van der Waals surface area contributed by atoms with E-state index in [1.807, 2.05) is 13.8 Å². The van der Waals surface area contributed by atoms with Crippen LogP contribution in [0.1, 0.15) is 52.4 Å². The van der Waals surface area contributed by atoms with E-state index in [0.29, 0.717) is 12.8 Å². The van der Waals surface area contributed by atoms with Gasteiger partial charge in [-0.1, -0.05) is 26.7 Å². The summed E-state index contributed by atoms with van der Waals surface area (Å²) >= 11 is 0. The summed E-state index contributed by atoms with van der Waals surface area (Å²) in [5, 5.41) is 16.1. The Morgan fingerprint density at radius 3 is 1.06 bits per heavy atom. The van der Waals surface area contributed by atoms with E-state index in [1.54, 1.807) is 0 Å². The van der Waals surface area contributed by atoms with Crippen LogP contribution in [-0.4, -0.2) is 38.6 Å². The van der Waals surface area contributed by atoms with Gasteiger partial charge in [-0.05, 0) is 12.8 Å². The van der Waals surface area contributed by atoms with E-state index in [9.17, 15) is 9.59 Å². The molecule has 0 saturated heterocycles. The van der Waals surface area contributed by atoms with Gasteiger partial charge in [0.25, 0.3) is 0 Å². The molecule has 0 aromatic rings. The molecule has 0 amide bonds. The summed E-state index contributed by atoms with van der Waals surface area (Å²) in [6.45, 7) is 3.95. The first-order chi connectivity index (χ1) is 6.54. The summed E-state index contributed by atoms with van der Waals surface area (Å²) in [6.07, 6.45) is 4.16. The summed E-state index contributed by atoms with van der Waals surface area (Å²) in [7, 11) is 0. The number of aliphatic carboxylic acids is 2. The molecule has 0 aliphatic heterocycles. The number of hydrogen-bond acceptors (Lipinski definition) is 2. The van der Waals surface area contributed by atoms with Gasteiger partial charge in [-0.25, -0.2) is 0 Å². The van der Waals surface area contributed by atoms with Crippen LogP contribution in [0, 0.1) is 0 Å². The fourth-order valence-corrected chi connectivity index (χ4v) is 0.656. The number of unbranched alkanes of at least 4 members (excludes halogenated alkanes) is 2. The fraction of sp³-hybridized carbons (Fsp3) is 0.800. The smallest absolute Gasteiger partial charge is 0.303 e. The predicted molar refractivity (Wildman–Crippen MR) is 65.2 cm³/mol. The predicted octanol–water partition coefficient (Wildman–Crippen LogP) is 0.0458. The van der Waals surface area contributed by atoms with Gasteiger partial charge in [0, 0.05) is 29.6 Å². The first-order valence-corrected chi connectivity index (χ1v) is 4.98. The second-order valence-electron chi connectivity index (χ2n) is 2.99. The van der Waals surface area contributed by atoms with Crippen molar-refractivity contribution in [3.05, 3.63) is 0 Å². The molecule has 0 aromatic carbocycles. The van der Waals surface area contributed by atoms with Crippen LogP contribution < -0.4 is 0 Å². The van der Waals surface area contributed by atoms with Gasteiger partial charge in [0.15, 0.2) is 0 Å². The van der Waals surface area contributed by atoms with Crippen molar-refractivity contribution < 1.29 is 53.0 Å². The molecule has 1 radical (unpaired) electrons. The fourth-order valence-electron chi connectivity index (χ4n) is 0.656. The van der Waals surface area contributed by atoms with Gasteiger partial charge in [0.05, 0.1) is 0 Å². The van der Waals surface area contributed by atoms with E-state index in [-0.39, 0.29) is 33.2 Å². The third-order valence-corrected chi connectivity index (χ3v) is 1.49. The molecule has 117 valence electrons. The van der Waals surface area contributed by atoms with Crippen LogP contribution in [0.3, 0.4) is 0 Å². The van der Waals surface area contributed by atoms with Crippen LogP contribution in [-0.2, 0) is 26.4 Å². The molecule has 0 aromatic heterocycles. The van der Waals surface area contributed by atoms with Gasteiger partial charge in [0.1, 0.15) is 0 Å². The quantitative estimate of drug-likeness (QED) is 0.705. The van der Waals surface area contributed by atoms with Crippen molar-refractivity contribution in [3.8, 4) is 0 Å². The molecule has 0 spiro atoms. The molecule has 0 bridgehead atoms. The second-order valence-corrected chi connectivity index (χ2v) is 2.99.